The molecule has 0 saturated carbocycles. The van der Waals surface area contributed by atoms with Crippen LogP contribution in [0.15, 0.2) is 30.3 Å². The normalized spacial score (nSPS) is 12.4. The molecule has 0 atom stereocenters. The SMILES string of the molecule is CC(C)(C)S(=O)(=O)CC(=O)c1ccccc1. The second kappa shape index (κ2) is 4.37. The largest absolute Gasteiger partial charge is 0.293 e. The molecule has 88 valence electrons. The Labute approximate surface area is 96.4 Å². The third-order valence-corrected chi connectivity index (χ3v) is 4.86. The zero-order chi connectivity index (χ0) is 12.4. The van der Waals surface area contributed by atoms with Crippen LogP contribution >= 0.6 is 0 Å². The van der Waals surface area contributed by atoms with Crippen molar-refractivity contribution in [3.63, 3.8) is 0 Å². The van der Waals surface area contributed by atoms with Crippen molar-refractivity contribution in [3.05, 3.63) is 35.9 Å². The minimum Gasteiger partial charge on any atom is -0.293 e. The Balaban J connectivity index is 2.89. The van der Waals surface area contributed by atoms with Gasteiger partial charge in [-0.15, -0.1) is 0 Å². The highest BCUT2D eigenvalue weighted by Crippen LogP contribution is 2.17. The minimum absolute atomic E-state index is 0.351. The van der Waals surface area contributed by atoms with E-state index in [4.69, 9.17) is 0 Å². The van der Waals surface area contributed by atoms with E-state index in [1.807, 2.05) is 0 Å². The second-order valence-corrected chi connectivity index (χ2v) is 7.40. The Morgan fingerprint density at radius 3 is 2.06 bits per heavy atom. The molecule has 3 nitrogen and oxygen atoms in total. The number of ketones is 1. The summed E-state index contributed by atoms with van der Waals surface area (Å²) in [6.45, 7) is 4.79. The number of hydrogen-bond acceptors (Lipinski definition) is 3. The van der Waals surface area contributed by atoms with Gasteiger partial charge >= 0.3 is 0 Å². The van der Waals surface area contributed by atoms with Crippen LogP contribution in [0.1, 0.15) is 31.1 Å². The fraction of sp³-hybridized carbons (Fsp3) is 0.417. The van der Waals surface area contributed by atoms with Crippen molar-refractivity contribution < 1.29 is 13.2 Å². The van der Waals surface area contributed by atoms with E-state index in [2.05, 4.69) is 0 Å². The molecule has 0 aliphatic heterocycles. The molecule has 16 heavy (non-hydrogen) atoms. The highest BCUT2D eigenvalue weighted by atomic mass is 32.2. The summed E-state index contributed by atoms with van der Waals surface area (Å²) in [6, 6.07) is 8.48. The van der Waals surface area contributed by atoms with Gasteiger partial charge in [0.05, 0.1) is 4.75 Å². The van der Waals surface area contributed by atoms with Crippen LogP contribution in [0.5, 0.6) is 0 Å². The molecule has 0 radical (unpaired) electrons. The van der Waals surface area contributed by atoms with Gasteiger partial charge in [0, 0.05) is 5.56 Å². The van der Waals surface area contributed by atoms with Crippen molar-refractivity contribution >= 4 is 15.6 Å². The fourth-order valence-electron chi connectivity index (χ4n) is 1.10. The lowest BCUT2D eigenvalue weighted by Crippen LogP contribution is -2.33. The summed E-state index contributed by atoms with van der Waals surface area (Å²) in [4.78, 5) is 11.7. The Hall–Kier alpha value is -1.16. The molecule has 0 fully saturated rings. The van der Waals surface area contributed by atoms with Crippen LogP contribution in [0.3, 0.4) is 0 Å². The molecule has 0 spiro atoms. The van der Waals surface area contributed by atoms with Crippen LogP contribution < -0.4 is 0 Å². The number of carbonyl (C=O) groups excluding carboxylic acids is 1. The quantitative estimate of drug-likeness (QED) is 0.760. The molecule has 0 amide bonds. The molecule has 1 rings (SSSR count). The van der Waals surface area contributed by atoms with Crippen LogP contribution in [-0.2, 0) is 9.84 Å². The number of hydrogen-bond donors (Lipinski definition) is 0. The van der Waals surface area contributed by atoms with Gasteiger partial charge in [-0.3, -0.25) is 4.79 Å². The smallest absolute Gasteiger partial charge is 0.177 e. The fourth-order valence-corrected chi connectivity index (χ4v) is 2.04. The third kappa shape index (κ3) is 2.92. The summed E-state index contributed by atoms with van der Waals surface area (Å²) < 4.78 is 22.7. The van der Waals surface area contributed by atoms with Gasteiger partial charge in [-0.2, -0.15) is 0 Å². The van der Waals surface area contributed by atoms with E-state index in [1.165, 1.54) is 0 Å². The summed E-state index contributed by atoms with van der Waals surface area (Å²) in [6.07, 6.45) is 0. The summed E-state index contributed by atoms with van der Waals surface area (Å²) in [5, 5.41) is 0. The van der Waals surface area contributed by atoms with Gasteiger partial charge in [-0.05, 0) is 20.8 Å². The first-order valence-corrected chi connectivity index (χ1v) is 6.70. The first-order chi connectivity index (χ1) is 7.24. The number of Topliss-reactive ketones (excluding diaryl/α,β-unsaturated/α-hetero) is 1. The summed E-state index contributed by atoms with van der Waals surface area (Å²) in [7, 11) is -3.39. The average Bonchev–Trinajstić information content (AvgIpc) is 2.16. The molecular formula is C12H16O3S. The lowest BCUT2D eigenvalue weighted by Gasteiger charge is -2.18. The molecule has 4 heteroatoms. The standard InChI is InChI=1S/C12H16O3S/c1-12(2,3)16(14,15)9-11(13)10-7-5-4-6-8-10/h4-8H,9H2,1-3H3. The molecule has 0 aliphatic carbocycles. The van der Waals surface area contributed by atoms with Crippen LogP contribution in [0.2, 0.25) is 0 Å². The van der Waals surface area contributed by atoms with E-state index >= 15 is 0 Å². The van der Waals surface area contributed by atoms with Crippen molar-refractivity contribution in [2.45, 2.75) is 25.5 Å². The molecule has 0 heterocycles. The molecule has 0 aromatic heterocycles. The van der Waals surface area contributed by atoms with Gasteiger partial charge in [-0.1, -0.05) is 30.3 Å². The molecule has 1 aromatic rings. The maximum absolute atomic E-state index is 11.8. The first-order valence-electron chi connectivity index (χ1n) is 5.04. The van der Waals surface area contributed by atoms with Crippen LogP contribution in [0, 0.1) is 0 Å². The topological polar surface area (TPSA) is 51.2 Å². The third-order valence-electron chi connectivity index (χ3n) is 2.35. The van der Waals surface area contributed by atoms with Crippen molar-refractivity contribution in [1.29, 1.82) is 0 Å². The molecule has 0 bridgehead atoms. The molecule has 0 saturated heterocycles. The molecule has 0 N–H and O–H groups in total. The van der Waals surface area contributed by atoms with Crippen LogP contribution in [0.25, 0.3) is 0 Å². The van der Waals surface area contributed by atoms with Crippen molar-refractivity contribution in [3.8, 4) is 0 Å². The van der Waals surface area contributed by atoms with E-state index in [0.29, 0.717) is 5.56 Å². The lowest BCUT2D eigenvalue weighted by atomic mass is 10.2. The molecule has 0 aliphatic rings. The van der Waals surface area contributed by atoms with Crippen molar-refractivity contribution in [1.82, 2.24) is 0 Å². The number of carbonyl (C=O) groups is 1. The van der Waals surface area contributed by atoms with E-state index in [-0.39, 0.29) is 5.78 Å². The zero-order valence-electron chi connectivity index (χ0n) is 9.73. The molecule has 0 unspecified atom stereocenters. The van der Waals surface area contributed by atoms with E-state index < -0.39 is 20.3 Å². The van der Waals surface area contributed by atoms with Crippen molar-refractivity contribution in [2.24, 2.45) is 0 Å². The highest BCUT2D eigenvalue weighted by Gasteiger charge is 2.31. The highest BCUT2D eigenvalue weighted by molar-refractivity contribution is 7.93. The first kappa shape index (κ1) is 12.9. The minimum atomic E-state index is -3.39. The Bertz CT molecular complexity index is 467. The van der Waals surface area contributed by atoms with E-state index in [1.54, 1.807) is 51.1 Å². The van der Waals surface area contributed by atoms with Crippen molar-refractivity contribution in [2.75, 3.05) is 5.75 Å². The number of benzene rings is 1. The summed E-state index contributed by atoms with van der Waals surface area (Å²) >= 11 is 0. The Morgan fingerprint density at radius 1 is 1.12 bits per heavy atom. The summed E-state index contributed by atoms with van der Waals surface area (Å²) in [5.74, 6) is -0.781. The predicted molar refractivity (Wildman–Crippen MR) is 64.3 cm³/mol. The molecular weight excluding hydrogens is 224 g/mol. The average molecular weight is 240 g/mol. The van der Waals surface area contributed by atoms with Gasteiger partial charge in [0.15, 0.2) is 15.6 Å². The Kier molecular flexibility index (Phi) is 3.53. The Morgan fingerprint density at radius 2 is 1.62 bits per heavy atom. The van der Waals surface area contributed by atoms with E-state index in [9.17, 15) is 13.2 Å². The van der Waals surface area contributed by atoms with Crippen LogP contribution in [-0.4, -0.2) is 24.7 Å². The van der Waals surface area contributed by atoms with Gasteiger partial charge in [0.1, 0.15) is 5.75 Å². The monoisotopic (exact) mass is 240 g/mol. The van der Waals surface area contributed by atoms with Gasteiger partial charge < -0.3 is 0 Å². The lowest BCUT2D eigenvalue weighted by molar-refractivity contribution is 0.102. The number of rotatable bonds is 3. The van der Waals surface area contributed by atoms with E-state index in [0.717, 1.165) is 0 Å². The van der Waals surface area contributed by atoms with Gasteiger partial charge in [0.2, 0.25) is 0 Å². The zero-order valence-corrected chi connectivity index (χ0v) is 10.5. The van der Waals surface area contributed by atoms with Gasteiger partial charge in [0.25, 0.3) is 0 Å². The predicted octanol–water partition coefficient (Wildman–Crippen LogP) is 2.08. The second-order valence-electron chi connectivity index (χ2n) is 4.66. The maximum Gasteiger partial charge on any atom is 0.177 e. The molecule has 1 aromatic carbocycles. The summed E-state index contributed by atoms with van der Waals surface area (Å²) in [5.41, 5.74) is 0.440. The maximum atomic E-state index is 11.8. The van der Waals surface area contributed by atoms with Crippen LogP contribution in [0.4, 0.5) is 0 Å². The number of sulfone groups is 1. The van der Waals surface area contributed by atoms with Gasteiger partial charge in [-0.25, -0.2) is 8.42 Å².